The van der Waals surface area contributed by atoms with E-state index in [9.17, 15) is 4.79 Å². The van der Waals surface area contributed by atoms with Gasteiger partial charge in [-0.25, -0.2) is 0 Å². The number of halogens is 1. The van der Waals surface area contributed by atoms with Crippen molar-refractivity contribution in [3.8, 4) is 5.75 Å². The van der Waals surface area contributed by atoms with Gasteiger partial charge in [-0.15, -0.1) is 12.4 Å². The number of carbonyl (C=O) groups is 1. The van der Waals surface area contributed by atoms with Crippen molar-refractivity contribution in [2.45, 2.75) is 71.3 Å². The topological polar surface area (TPSA) is 41.6 Å². The Morgan fingerprint density at radius 1 is 1.11 bits per heavy atom. The monoisotopic (exact) mass is 396 g/mol. The molecule has 0 aromatic heterocycles. The van der Waals surface area contributed by atoms with Crippen LogP contribution in [0.3, 0.4) is 0 Å². The van der Waals surface area contributed by atoms with Gasteiger partial charge in [0.15, 0.2) is 6.61 Å². The summed E-state index contributed by atoms with van der Waals surface area (Å²) in [4.78, 5) is 14.5. The molecule has 0 atom stereocenters. The zero-order chi connectivity index (χ0) is 19.5. The summed E-state index contributed by atoms with van der Waals surface area (Å²) in [5.74, 6) is 0.906. The van der Waals surface area contributed by atoms with Crippen LogP contribution in [-0.2, 0) is 15.6 Å². The predicted molar refractivity (Wildman–Crippen MR) is 115 cm³/mol. The van der Waals surface area contributed by atoms with Crippen LogP contribution < -0.4 is 10.1 Å². The zero-order valence-corrected chi connectivity index (χ0v) is 18.8. The number of likely N-dealkylation sites (tertiary alicyclic amines) is 1. The van der Waals surface area contributed by atoms with Gasteiger partial charge < -0.3 is 15.0 Å². The second-order valence-corrected chi connectivity index (χ2v) is 9.44. The van der Waals surface area contributed by atoms with Crippen LogP contribution in [0, 0.1) is 0 Å². The van der Waals surface area contributed by atoms with Crippen LogP contribution in [0.5, 0.6) is 5.75 Å². The van der Waals surface area contributed by atoms with Crippen molar-refractivity contribution in [1.82, 2.24) is 10.2 Å². The molecule has 0 aliphatic carbocycles. The van der Waals surface area contributed by atoms with Gasteiger partial charge in [0.05, 0.1) is 0 Å². The average molecular weight is 397 g/mol. The van der Waals surface area contributed by atoms with Gasteiger partial charge in [-0.3, -0.25) is 4.79 Å². The van der Waals surface area contributed by atoms with Crippen molar-refractivity contribution < 1.29 is 9.53 Å². The molecule has 1 aliphatic heterocycles. The highest BCUT2D eigenvalue weighted by Gasteiger charge is 2.25. The van der Waals surface area contributed by atoms with Crippen LogP contribution in [0.2, 0.25) is 0 Å². The second-order valence-electron chi connectivity index (χ2n) is 9.44. The summed E-state index contributed by atoms with van der Waals surface area (Å²) < 4.78 is 5.99. The molecule has 2 rings (SSSR count). The van der Waals surface area contributed by atoms with Crippen molar-refractivity contribution in [3.05, 3.63) is 29.3 Å². The number of piperidine rings is 1. The van der Waals surface area contributed by atoms with Crippen molar-refractivity contribution in [2.75, 3.05) is 26.7 Å². The lowest BCUT2D eigenvalue weighted by atomic mass is 9.80. The van der Waals surface area contributed by atoms with E-state index in [0.717, 1.165) is 37.2 Å². The maximum Gasteiger partial charge on any atom is 0.260 e. The van der Waals surface area contributed by atoms with Crippen molar-refractivity contribution in [2.24, 2.45) is 0 Å². The first-order valence-electron chi connectivity index (χ1n) is 9.75. The van der Waals surface area contributed by atoms with Crippen LogP contribution in [0.15, 0.2) is 18.2 Å². The van der Waals surface area contributed by atoms with E-state index in [4.69, 9.17) is 4.74 Å². The molecule has 1 N–H and O–H groups in total. The number of carbonyl (C=O) groups excluding carboxylic acids is 1. The molecule has 1 aromatic rings. The van der Waals surface area contributed by atoms with Crippen LogP contribution >= 0.6 is 12.4 Å². The Balaban J connectivity index is 0.00000364. The average Bonchev–Trinajstić information content (AvgIpc) is 2.58. The molecule has 154 valence electrons. The number of hydrogen-bond acceptors (Lipinski definition) is 3. The van der Waals surface area contributed by atoms with Crippen molar-refractivity contribution >= 4 is 18.3 Å². The highest BCUT2D eigenvalue weighted by molar-refractivity contribution is 5.85. The highest BCUT2D eigenvalue weighted by atomic mass is 35.5. The van der Waals surface area contributed by atoms with Gasteiger partial charge in [0.2, 0.25) is 0 Å². The SMILES string of the molecule is CNC1CCN(C(=O)COc2ccc(C(C)(C)C)cc2C(C)(C)C)CC1.Cl. The third-order valence-corrected chi connectivity index (χ3v) is 5.26. The third-order valence-electron chi connectivity index (χ3n) is 5.26. The van der Waals surface area contributed by atoms with Gasteiger partial charge in [0, 0.05) is 19.1 Å². The Hall–Kier alpha value is -1.26. The van der Waals surface area contributed by atoms with Crippen LogP contribution in [0.25, 0.3) is 0 Å². The minimum atomic E-state index is -0.0369. The van der Waals surface area contributed by atoms with E-state index in [-0.39, 0.29) is 35.8 Å². The Morgan fingerprint density at radius 2 is 1.70 bits per heavy atom. The van der Waals surface area contributed by atoms with Gasteiger partial charge >= 0.3 is 0 Å². The Kier molecular flexibility index (Phi) is 8.18. The molecule has 27 heavy (non-hydrogen) atoms. The number of nitrogens with zero attached hydrogens (tertiary/aromatic N) is 1. The normalized spacial score (nSPS) is 16.0. The molecule has 1 heterocycles. The molecule has 1 aromatic carbocycles. The predicted octanol–water partition coefficient (Wildman–Crippen LogP) is 4.29. The molecule has 0 spiro atoms. The summed E-state index contributed by atoms with van der Waals surface area (Å²) >= 11 is 0. The summed E-state index contributed by atoms with van der Waals surface area (Å²) in [6.45, 7) is 14.9. The number of ether oxygens (including phenoxy) is 1. The molecule has 1 amide bonds. The number of rotatable bonds is 4. The fraction of sp³-hybridized carbons (Fsp3) is 0.682. The smallest absolute Gasteiger partial charge is 0.260 e. The quantitative estimate of drug-likeness (QED) is 0.825. The summed E-state index contributed by atoms with van der Waals surface area (Å²) in [5.41, 5.74) is 2.50. The molecule has 0 bridgehead atoms. The first kappa shape index (κ1) is 23.8. The Labute approximate surface area is 171 Å². The Morgan fingerprint density at radius 3 is 2.19 bits per heavy atom. The fourth-order valence-electron chi connectivity index (χ4n) is 3.36. The van der Waals surface area contributed by atoms with E-state index >= 15 is 0 Å². The maximum absolute atomic E-state index is 12.5. The molecular formula is C22H37ClN2O2. The van der Waals surface area contributed by atoms with E-state index in [1.165, 1.54) is 5.56 Å². The van der Waals surface area contributed by atoms with Gasteiger partial charge in [-0.2, -0.15) is 0 Å². The fourth-order valence-corrected chi connectivity index (χ4v) is 3.36. The molecule has 1 aliphatic rings. The molecule has 1 fully saturated rings. The van der Waals surface area contributed by atoms with Crippen LogP contribution in [0.4, 0.5) is 0 Å². The number of hydrogen-bond donors (Lipinski definition) is 1. The molecule has 5 heteroatoms. The number of benzene rings is 1. The molecule has 0 saturated carbocycles. The summed E-state index contributed by atoms with van der Waals surface area (Å²) in [7, 11) is 1.99. The minimum absolute atomic E-state index is 0. The van der Waals surface area contributed by atoms with E-state index in [1.807, 2.05) is 18.0 Å². The van der Waals surface area contributed by atoms with Gasteiger partial charge in [0.25, 0.3) is 5.91 Å². The first-order chi connectivity index (χ1) is 12.0. The molecule has 0 unspecified atom stereocenters. The largest absolute Gasteiger partial charge is 0.483 e. The number of nitrogens with one attached hydrogen (secondary N) is 1. The standard InChI is InChI=1S/C22H36N2O2.ClH/c1-21(2,3)16-8-9-19(18(14-16)22(4,5)6)26-15-20(25)24-12-10-17(23-7)11-13-24;/h8-9,14,17,23H,10-13,15H2,1-7H3;1H. The highest BCUT2D eigenvalue weighted by Crippen LogP contribution is 2.35. The molecular weight excluding hydrogens is 360 g/mol. The summed E-state index contributed by atoms with van der Waals surface area (Å²) in [5, 5.41) is 3.29. The van der Waals surface area contributed by atoms with Gasteiger partial charge in [-0.1, -0.05) is 53.7 Å². The van der Waals surface area contributed by atoms with Crippen molar-refractivity contribution in [1.29, 1.82) is 0 Å². The Bertz CT molecular complexity index is 624. The molecule has 4 nitrogen and oxygen atoms in total. The summed E-state index contributed by atoms with van der Waals surface area (Å²) in [6, 6.07) is 6.91. The maximum atomic E-state index is 12.5. The third kappa shape index (κ3) is 6.39. The lowest BCUT2D eigenvalue weighted by Crippen LogP contribution is -2.45. The van der Waals surface area contributed by atoms with Crippen LogP contribution in [-0.4, -0.2) is 43.6 Å². The second kappa shape index (κ2) is 9.29. The van der Waals surface area contributed by atoms with Crippen LogP contribution in [0.1, 0.15) is 65.5 Å². The van der Waals surface area contributed by atoms with E-state index in [0.29, 0.717) is 6.04 Å². The zero-order valence-electron chi connectivity index (χ0n) is 18.0. The first-order valence-corrected chi connectivity index (χ1v) is 9.75. The molecule has 0 radical (unpaired) electrons. The van der Waals surface area contributed by atoms with Gasteiger partial charge in [0.1, 0.15) is 5.75 Å². The lowest BCUT2D eigenvalue weighted by molar-refractivity contribution is -0.134. The number of amides is 1. The van der Waals surface area contributed by atoms with E-state index < -0.39 is 0 Å². The molecule has 1 saturated heterocycles. The van der Waals surface area contributed by atoms with E-state index in [1.54, 1.807) is 0 Å². The van der Waals surface area contributed by atoms with E-state index in [2.05, 4.69) is 59.0 Å². The van der Waals surface area contributed by atoms with Crippen molar-refractivity contribution in [3.63, 3.8) is 0 Å². The van der Waals surface area contributed by atoms with Gasteiger partial charge in [-0.05, 0) is 47.9 Å². The summed E-state index contributed by atoms with van der Waals surface area (Å²) in [6.07, 6.45) is 2.02. The lowest BCUT2D eigenvalue weighted by Gasteiger charge is -2.32. The minimum Gasteiger partial charge on any atom is -0.483 e.